The molecule has 0 aliphatic heterocycles. The van der Waals surface area contributed by atoms with Gasteiger partial charge >= 0.3 is 0 Å². The number of hydrogen-bond acceptors (Lipinski definition) is 3. The van der Waals surface area contributed by atoms with Gasteiger partial charge in [-0.25, -0.2) is 0 Å². The summed E-state index contributed by atoms with van der Waals surface area (Å²) >= 11 is 7.50. The second-order valence-corrected chi connectivity index (χ2v) is 11.3. The Labute approximate surface area is 204 Å². The van der Waals surface area contributed by atoms with Crippen LogP contribution in [0.5, 0.6) is 0 Å². The van der Waals surface area contributed by atoms with Crippen LogP contribution in [-0.2, 0) is 12.8 Å². The van der Waals surface area contributed by atoms with Crippen molar-refractivity contribution in [3.63, 3.8) is 0 Å². The number of benzene rings is 2. The van der Waals surface area contributed by atoms with Gasteiger partial charge in [-0.3, -0.25) is 9.59 Å². The number of aryl methyl sites for hydroxylation is 1. The van der Waals surface area contributed by atoms with Crippen molar-refractivity contribution in [3.8, 4) is 0 Å². The maximum atomic E-state index is 13.4. The number of amides is 2. The third-order valence-electron chi connectivity index (χ3n) is 6.36. The lowest BCUT2D eigenvalue weighted by molar-refractivity contribution is 0.102. The van der Waals surface area contributed by atoms with E-state index in [0.717, 1.165) is 36.1 Å². The second-order valence-electron chi connectivity index (χ2n) is 9.79. The minimum absolute atomic E-state index is 0.183. The highest BCUT2D eigenvalue weighted by atomic mass is 35.5. The Balaban J connectivity index is 1.67. The van der Waals surface area contributed by atoms with E-state index < -0.39 is 0 Å². The highest BCUT2D eigenvalue weighted by Gasteiger charge is 2.34. The molecule has 0 spiro atoms. The fraction of sp³-hybridized carbons (Fsp3) is 0.333. The van der Waals surface area contributed by atoms with Crippen molar-refractivity contribution in [2.45, 2.75) is 47.0 Å². The summed E-state index contributed by atoms with van der Waals surface area (Å²) < 4.78 is 0. The number of carbonyl (C=O) groups excluding carboxylic acids is 2. The first-order valence-electron chi connectivity index (χ1n) is 11.2. The van der Waals surface area contributed by atoms with Gasteiger partial charge in [-0.2, -0.15) is 0 Å². The molecular weight excluding hydrogens is 452 g/mol. The van der Waals surface area contributed by atoms with E-state index in [4.69, 9.17) is 11.6 Å². The van der Waals surface area contributed by atoms with E-state index in [2.05, 4.69) is 31.4 Å². The maximum Gasteiger partial charge on any atom is 0.258 e. The molecule has 4 rings (SSSR count). The van der Waals surface area contributed by atoms with Gasteiger partial charge < -0.3 is 10.6 Å². The van der Waals surface area contributed by atoms with Crippen LogP contribution in [0.25, 0.3) is 0 Å². The molecule has 0 radical (unpaired) electrons. The predicted molar refractivity (Wildman–Crippen MR) is 138 cm³/mol. The molecule has 4 nitrogen and oxygen atoms in total. The summed E-state index contributed by atoms with van der Waals surface area (Å²) in [6.45, 7) is 8.82. The van der Waals surface area contributed by atoms with Gasteiger partial charge in [0.2, 0.25) is 0 Å². The van der Waals surface area contributed by atoms with Gasteiger partial charge in [0, 0.05) is 21.2 Å². The van der Waals surface area contributed by atoms with E-state index in [0.29, 0.717) is 27.1 Å². The van der Waals surface area contributed by atoms with Crippen LogP contribution in [-0.4, -0.2) is 11.8 Å². The summed E-state index contributed by atoms with van der Waals surface area (Å²) in [5.74, 6) is 0.107. The predicted octanol–water partition coefficient (Wildman–Crippen LogP) is 7.37. The SMILES string of the molecule is Cc1ccc(NC(=O)c2c(NC(=O)c3ccc(Cl)cc3)sc3c2CC[C@@H](C(C)(C)C)C3)cc1. The van der Waals surface area contributed by atoms with Crippen LogP contribution in [0.3, 0.4) is 0 Å². The minimum atomic E-state index is -0.248. The van der Waals surface area contributed by atoms with Crippen molar-refractivity contribution in [3.05, 3.63) is 80.7 Å². The fourth-order valence-corrected chi connectivity index (χ4v) is 5.71. The second kappa shape index (κ2) is 9.32. The van der Waals surface area contributed by atoms with Gasteiger partial charge in [0.15, 0.2) is 0 Å². The van der Waals surface area contributed by atoms with Crippen LogP contribution in [0.2, 0.25) is 5.02 Å². The summed E-state index contributed by atoms with van der Waals surface area (Å²) in [6.07, 6.45) is 2.79. The average molecular weight is 481 g/mol. The van der Waals surface area contributed by atoms with E-state index in [9.17, 15) is 9.59 Å². The van der Waals surface area contributed by atoms with Crippen molar-refractivity contribution in [1.29, 1.82) is 0 Å². The lowest BCUT2D eigenvalue weighted by Crippen LogP contribution is -2.27. The van der Waals surface area contributed by atoms with E-state index in [1.165, 1.54) is 16.2 Å². The van der Waals surface area contributed by atoms with E-state index in [1.54, 1.807) is 24.3 Å². The number of fused-ring (bicyclic) bond motifs is 1. The molecule has 3 aromatic rings. The number of thiophene rings is 1. The Bertz CT molecular complexity index is 1170. The first-order chi connectivity index (χ1) is 15.6. The summed E-state index contributed by atoms with van der Waals surface area (Å²) in [6, 6.07) is 14.5. The molecule has 2 amide bonds. The molecule has 1 atom stereocenters. The van der Waals surface area contributed by atoms with Crippen molar-refractivity contribution >= 4 is 45.4 Å². The van der Waals surface area contributed by atoms with Crippen LogP contribution in [0.1, 0.15) is 63.9 Å². The third-order valence-corrected chi connectivity index (χ3v) is 7.78. The number of rotatable bonds is 4. The van der Waals surface area contributed by atoms with Gasteiger partial charge in [0.1, 0.15) is 5.00 Å². The first kappa shape index (κ1) is 23.5. The smallest absolute Gasteiger partial charge is 0.258 e. The van der Waals surface area contributed by atoms with E-state index >= 15 is 0 Å². The minimum Gasteiger partial charge on any atom is -0.322 e. The number of anilines is 2. The maximum absolute atomic E-state index is 13.4. The number of halogens is 1. The van der Waals surface area contributed by atoms with Crippen molar-refractivity contribution in [1.82, 2.24) is 0 Å². The van der Waals surface area contributed by atoms with Gasteiger partial charge in [-0.15, -0.1) is 11.3 Å². The standard InChI is InChI=1S/C27H29ClN2O2S/c1-16-5-12-20(13-6-16)29-25(32)23-21-14-9-18(27(2,3)4)15-22(21)33-26(23)30-24(31)17-7-10-19(28)11-8-17/h5-8,10-13,18H,9,14-15H2,1-4H3,(H,29,32)(H,30,31)/t18-/m1/s1. The molecule has 1 heterocycles. The largest absolute Gasteiger partial charge is 0.322 e. The Hall–Kier alpha value is -2.63. The number of nitrogens with one attached hydrogen (secondary N) is 2. The normalized spacial score (nSPS) is 15.6. The molecule has 1 aliphatic rings. The Morgan fingerprint density at radius 3 is 2.27 bits per heavy atom. The molecule has 1 aromatic heterocycles. The molecule has 0 bridgehead atoms. The van der Waals surface area contributed by atoms with Gasteiger partial charge in [-0.1, -0.05) is 50.1 Å². The van der Waals surface area contributed by atoms with E-state index in [-0.39, 0.29) is 17.2 Å². The van der Waals surface area contributed by atoms with Gasteiger partial charge in [-0.05, 0) is 79.5 Å². The van der Waals surface area contributed by atoms with Crippen molar-refractivity contribution in [2.24, 2.45) is 11.3 Å². The molecule has 1 aliphatic carbocycles. The number of carbonyl (C=O) groups is 2. The topological polar surface area (TPSA) is 58.2 Å². The Morgan fingerprint density at radius 1 is 0.970 bits per heavy atom. The molecule has 33 heavy (non-hydrogen) atoms. The fourth-order valence-electron chi connectivity index (χ4n) is 4.26. The summed E-state index contributed by atoms with van der Waals surface area (Å²) in [4.78, 5) is 27.6. The summed E-state index contributed by atoms with van der Waals surface area (Å²) in [5, 5.41) is 7.22. The molecular formula is C27H29ClN2O2S. The summed E-state index contributed by atoms with van der Waals surface area (Å²) in [5.41, 5.74) is 4.22. The molecule has 0 fully saturated rings. The van der Waals surface area contributed by atoms with Crippen LogP contribution in [0.4, 0.5) is 10.7 Å². The van der Waals surface area contributed by atoms with Crippen LogP contribution < -0.4 is 10.6 Å². The molecule has 2 N–H and O–H groups in total. The molecule has 2 aromatic carbocycles. The summed E-state index contributed by atoms with van der Waals surface area (Å²) in [7, 11) is 0. The first-order valence-corrected chi connectivity index (χ1v) is 12.4. The molecule has 0 saturated heterocycles. The molecule has 172 valence electrons. The third kappa shape index (κ3) is 5.31. The quantitative estimate of drug-likeness (QED) is 0.409. The highest BCUT2D eigenvalue weighted by molar-refractivity contribution is 7.17. The van der Waals surface area contributed by atoms with Gasteiger partial charge in [0.25, 0.3) is 11.8 Å². The lowest BCUT2D eigenvalue weighted by Gasteiger charge is -2.33. The zero-order chi connectivity index (χ0) is 23.8. The molecule has 0 unspecified atom stereocenters. The zero-order valence-electron chi connectivity index (χ0n) is 19.4. The van der Waals surface area contributed by atoms with Crippen molar-refractivity contribution < 1.29 is 9.59 Å². The average Bonchev–Trinajstić information content (AvgIpc) is 3.12. The van der Waals surface area contributed by atoms with Crippen LogP contribution in [0.15, 0.2) is 48.5 Å². The lowest BCUT2D eigenvalue weighted by atomic mass is 9.72. The van der Waals surface area contributed by atoms with Crippen molar-refractivity contribution in [2.75, 3.05) is 10.6 Å². The Morgan fingerprint density at radius 2 is 1.64 bits per heavy atom. The van der Waals surface area contributed by atoms with Crippen LogP contribution >= 0.6 is 22.9 Å². The van der Waals surface area contributed by atoms with Gasteiger partial charge in [0.05, 0.1) is 5.56 Å². The van der Waals surface area contributed by atoms with Crippen LogP contribution in [0, 0.1) is 18.3 Å². The number of hydrogen-bond donors (Lipinski definition) is 2. The zero-order valence-corrected chi connectivity index (χ0v) is 21.0. The highest BCUT2D eigenvalue weighted by Crippen LogP contribution is 2.44. The molecule has 6 heteroatoms. The Kier molecular flexibility index (Phi) is 6.64. The van der Waals surface area contributed by atoms with E-state index in [1.807, 2.05) is 31.2 Å². The molecule has 0 saturated carbocycles. The monoisotopic (exact) mass is 480 g/mol.